The van der Waals surface area contributed by atoms with Crippen molar-refractivity contribution in [3.8, 4) is 0 Å². The summed E-state index contributed by atoms with van der Waals surface area (Å²) in [5.41, 5.74) is 7.32. The third-order valence-corrected chi connectivity index (χ3v) is 5.86. The zero-order valence-electron chi connectivity index (χ0n) is 13.6. The summed E-state index contributed by atoms with van der Waals surface area (Å²) in [5, 5.41) is 0. The summed E-state index contributed by atoms with van der Waals surface area (Å²) in [6.07, 6.45) is 3.02. The summed E-state index contributed by atoms with van der Waals surface area (Å²) >= 11 is 0. The number of aryl methyl sites for hydroxylation is 1. The molecule has 0 bridgehead atoms. The third-order valence-electron chi connectivity index (χ3n) is 3.62. The van der Waals surface area contributed by atoms with Crippen molar-refractivity contribution in [3.05, 3.63) is 29.3 Å². The largest absolute Gasteiger partial charge is 0.326 e. The molecule has 1 aromatic rings. The van der Waals surface area contributed by atoms with Gasteiger partial charge in [-0.25, -0.2) is 8.42 Å². The number of sulfonamides is 1. The number of rotatable bonds is 8. The van der Waals surface area contributed by atoms with Gasteiger partial charge in [0.25, 0.3) is 0 Å². The highest BCUT2D eigenvalue weighted by molar-refractivity contribution is 7.89. The normalized spacial score (nSPS) is 12.3. The van der Waals surface area contributed by atoms with Crippen molar-refractivity contribution in [1.29, 1.82) is 0 Å². The van der Waals surface area contributed by atoms with E-state index in [0.717, 1.165) is 30.4 Å². The molecule has 1 aromatic carbocycles. The van der Waals surface area contributed by atoms with Gasteiger partial charge in [0.05, 0.1) is 4.90 Å². The summed E-state index contributed by atoms with van der Waals surface area (Å²) in [6, 6.07) is 5.30. The molecule has 0 saturated heterocycles. The SMILES string of the molecule is CCCCCN(C(C)C)S(=O)(=O)c1ccc(CN)cc1C. The van der Waals surface area contributed by atoms with Gasteiger partial charge >= 0.3 is 0 Å². The van der Waals surface area contributed by atoms with Crippen molar-refractivity contribution in [3.63, 3.8) is 0 Å². The number of unbranched alkanes of at least 4 members (excludes halogenated alkanes) is 2. The van der Waals surface area contributed by atoms with Crippen LogP contribution in [0.1, 0.15) is 51.2 Å². The number of hydrogen-bond donors (Lipinski definition) is 1. The highest BCUT2D eigenvalue weighted by atomic mass is 32.2. The lowest BCUT2D eigenvalue weighted by Gasteiger charge is -2.26. The van der Waals surface area contributed by atoms with Gasteiger partial charge in [0, 0.05) is 19.1 Å². The molecule has 1 rings (SSSR count). The van der Waals surface area contributed by atoms with Crippen molar-refractivity contribution in [2.45, 2.75) is 64.4 Å². The number of nitrogens with zero attached hydrogens (tertiary/aromatic N) is 1. The molecular formula is C16H28N2O2S. The molecule has 0 aromatic heterocycles. The van der Waals surface area contributed by atoms with Crippen LogP contribution in [0.4, 0.5) is 0 Å². The van der Waals surface area contributed by atoms with E-state index >= 15 is 0 Å². The van der Waals surface area contributed by atoms with Crippen LogP contribution in [0, 0.1) is 6.92 Å². The van der Waals surface area contributed by atoms with E-state index in [1.165, 1.54) is 0 Å². The van der Waals surface area contributed by atoms with Gasteiger partial charge < -0.3 is 5.73 Å². The molecule has 0 amide bonds. The van der Waals surface area contributed by atoms with Gasteiger partial charge in [-0.3, -0.25) is 0 Å². The van der Waals surface area contributed by atoms with E-state index in [-0.39, 0.29) is 6.04 Å². The maximum absolute atomic E-state index is 12.9. The average molecular weight is 312 g/mol. The van der Waals surface area contributed by atoms with E-state index in [1.807, 2.05) is 26.8 Å². The zero-order chi connectivity index (χ0) is 16.0. The minimum atomic E-state index is -3.44. The van der Waals surface area contributed by atoms with E-state index in [0.29, 0.717) is 18.0 Å². The van der Waals surface area contributed by atoms with Gasteiger partial charge in [-0.2, -0.15) is 4.31 Å². The molecule has 0 unspecified atom stereocenters. The zero-order valence-corrected chi connectivity index (χ0v) is 14.4. The molecule has 120 valence electrons. The van der Waals surface area contributed by atoms with Crippen molar-refractivity contribution in [2.75, 3.05) is 6.54 Å². The van der Waals surface area contributed by atoms with Gasteiger partial charge in [-0.15, -0.1) is 0 Å². The first-order valence-electron chi connectivity index (χ1n) is 7.66. The first kappa shape index (κ1) is 18.1. The molecule has 0 aliphatic carbocycles. The standard InChI is InChI=1S/C16H28N2O2S/c1-5-6-7-10-18(13(2)3)21(19,20)16-9-8-15(12-17)11-14(16)4/h8-9,11,13H,5-7,10,12,17H2,1-4H3. The summed E-state index contributed by atoms with van der Waals surface area (Å²) in [7, 11) is -3.44. The first-order chi connectivity index (χ1) is 9.84. The third kappa shape index (κ3) is 4.53. The molecule has 0 radical (unpaired) electrons. The fourth-order valence-electron chi connectivity index (χ4n) is 2.43. The van der Waals surface area contributed by atoms with Crippen LogP contribution in [0.15, 0.2) is 23.1 Å². The van der Waals surface area contributed by atoms with Crippen LogP contribution in [-0.4, -0.2) is 25.3 Å². The topological polar surface area (TPSA) is 63.4 Å². The van der Waals surface area contributed by atoms with E-state index in [2.05, 4.69) is 6.92 Å². The Bertz CT molecular complexity index is 553. The molecule has 0 saturated carbocycles. The summed E-state index contributed by atoms with van der Waals surface area (Å²) in [6.45, 7) is 8.79. The van der Waals surface area contributed by atoms with Crippen LogP contribution >= 0.6 is 0 Å². The van der Waals surface area contributed by atoms with Crippen molar-refractivity contribution in [1.82, 2.24) is 4.31 Å². The summed E-state index contributed by atoms with van der Waals surface area (Å²) in [4.78, 5) is 0.393. The van der Waals surface area contributed by atoms with Crippen LogP contribution in [0.3, 0.4) is 0 Å². The second kappa shape index (κ2) is 7.92. The van der Waals surface area contributed by atoms with Gasteiger partial charge in [-0.1, -0.05) is 31.9 Å². The molecule has 0 atom stereocenters. The Labute approximate surface area is 129 Å². The Morgan fingerprint density at radius 3 is 2.38 bits per heavy atom. The van der Waals surface area contributed by atoms with Crippen LogP contribution < -0.4 is 5.73 Å². The molecule has 0 fully saturated rings. The van der Waals surface area contributed by atoms with Gasteiger partial charge in [0.15, 0.2) is 0 Å². The molecule has 0 aliphatic rings. The maximum Gasteiger partial charge on any atom is 0.243 e. The van der Waals surface area contributed by atoms with Crippen molar-refractivity contribution >= 4 is 10.0 Å². The van der Waals surface area contributed by atoms with Crippen LogP contribution in [0.5, 0.6) is 0 Å². The highest BCUT2D eigenvalue weighted by Gasteiger charge is 2.27. The van der Waals surface area contributed by atoms with Gasteiger partial charge in [-0.05, 0) is 44.4 Å². The van der Waals surface area contributed by atoms with Crippen LogP contribution in [0.25, 0.3) is 0 Å². The smallest absolute Gasteiger partial charge is 0.243 e. The second-order valence-corrected chi connectivity index (χ2v) is 7.58. The maximum atomic E-state index is 12.9. The molecule has 4 nitrogen and oxygen atoms in total. The Morgan fingerprint density at radius 2 is 1.90 bits per heavy atom. The Balaban J connectivity index is 3.11. The molecule has 21 heavy (non-hydrogen) atoms. The minimum Gasteiger partial charge on any atom is -0.326 e. The average Bonchev–Trinajstić information content (AvgIpc) is 2.42. The summed E-state index contributed by atoms with van der Waals surface area (Å²) in [5.74, 6) is 0. The minimum absolute atomic E-state index is 0.0413. The monoisotopic (exact) mass is 312 g/mol. The lowest BCUT2D eigenvalue weighted by Crippen LogP contribution is -2.38. The predicted octanol–water partition coefficient (Wildman–Crippen LogP) is 3.04. The van der Waals surface area contributed by atoms with E-state index in [4.69, 9.17) is 5.73 Å². The molecule has 5 heteroatoms. The lowest BCUT2D eigenvalue weighted by atomic mass is 10.1. The van der Waals surface area contributed by atoms with E-state index < -0.39 is 10.0 Å². The molecule has 2 N–H and O–H groups in total. The van der Waals surface area contributed by atoms with Gasteiger partial charge in [0.1, 0.15) is 0 Å². The fraction of sp³-hybridized carbons (Fsp3) is 0.625. The van der Waals surface area contributed by atoms with E-state index in [9.17, 15) is 8.42 Å². The number of hydrogen-bond acceptors (Lipinski definition) is 3. The quantitative estimate of drug-likeness (QED) is 0.750. The molecule has 0 spiro atoms. The highest BCUT2D eigenvalue weighted by Crippen LogP contribution is 2.23. The van der Waals surface area contributed by atoms with Crippen LogP contribution in [-0.2, 0) is 16.6 Å². The molecule has 0 heterocycles. The summed E-state index contributed by atoms with van der Waals surface area (Å²) < 4.78 is 27.4. The molecular weight excluding hydrogens is 284 g/mol. The second-order valence-electron chi connectivity index (χ2n) is 5.72. The Morgan fingerprint density at radius 1 is 1.24 bits per heavy atom. The van der Waals surface area contributed by atoms with Crippen molar-refractivity contribution in [2.24, 2.45) is 5.73 Å². The molecule has 0 aliphatic heterocycles. The lowest BCUT2D eigenvalue weighted by molar-refractivity contribution is 0.345. The van der Waals surface area contributed by atoms with E-state index in [1.54, 1.807) is 16.4 Å². The Kier molecular flexibility index (Phi) is 6.84. The fourth-order valence-corrected chi connectivity index (χ4v) is 4.31. The van der Waals surface area contributed by atoms with Gasteiger partial charge in [0.2, 0.25) is 10.0 Å². The Hall–Kier alpha value is -0.910. The van der Waals surface area contributed by atoms with Crippen LogP contribution in [0.2, 0.25) is 0 Å². The first-order valence-corrected chi connectivity index (χ1v) is 9.10. The number of benzene rings is 1. The van der Waals surface area contributed by atoms with Crippen molar-refractivity contribution < 1.29 is 8.42 Å². The number of nitrogens with two attached hydrogens (primary N) is 1. The predicted molar refractivity (Wildman–Crippen MR) is 87.6 cm³/mol.